The first-order valence-corrected chi connectivity index (χ1v) is 8.48. The van der Waals surface area contributed by atoms with Gasteiger partial charge in [0.05, 0.1) is 13.2 Å². The van der Waals surface area contributed by atoms with E-state index in [2.05, 4.69) is 25.1 Å². The molecule has 21 heavy (non-hydrogen) atoms. The maximum absolute atomic E-state index is 10.4. The van der Waals surface area contributed by atoms with Gasteiger partial charge in [-0.25, -0.2) is 0 Å². The highest BCUT2D eigenvalue weighted by molar-refractivity contribution is 5.40. The molecule has 0 bridgehead atoms. The fourth-order valence-corrected chi connectivity index (χ4v) is 5.66. The second-order valence-corrected chi connectivity index (χ2v) is 7.62. The van der Waals surface area contributed by atoms with Crippen LogP contribution in [-0.2, 0) is 6.42 Å². The normalized spacial score (nSPS) is 41.1. The van der Waals surface area contributed by atoms with Crippen molar-refractivity contribution in [3.05, 3.63) is 29.3 Å². The third kappa shape index (κ3) is 1.88. The zero-order chi connectivity index (χ0) is 14.6. The summed E-state index contributed by atoms with van der Waals surface area (Å²) in [5.41, 5.74) is 3.25. The summed E-state index contributed by atoms with van der Waals surface area (Å²) >= 11 is 0. The number of aliphatic hydroxyl groups is 1. The molecule has 0 aliphatic heterocycles. The van der Waals surface area contributed by atoms with Gasteiger partial charge in [0.15, 0.2) is 0 Å². The molecule has 2 heteroatoms. The maximum Gasteiger partial charge on any atom is 0.119 e. The van der Waals surface area contributed by atoms with Crippen molar-refractivity contribution in [2.75, 3.05) is 7.11 Å². The van der Waals surface area contributed by atoms with E-state index in [1.54, 1.807) is 12.7 Å². The molecule has 4 rings (SSSR count). The van der Waals surface area contributed by atoms with E-state index in [1.165, 1.54) is 37.7 Å². The Balaban J connectivity index is 1.68. The van der Waals surface area contributed by atoms with Crippen LogP contribution in [0.2, 0.25) is 0 Å². The van der Waals surface area contributed by atoms with Gasteiger partial charge in [-0.1, -0.05) is 13.0 Å². The third-order valence-electron chi connectivity index (χ3n) is 6.88. The van der Waals surface area contributed by atoms with Crippen molar-refractivity contribution in [3.8, 4) is 5.75 Å². The summed E-state index contributed by atoms with van der Waals surface area (Å²) in [6.07, 6.45) is 7.07. The molecule has 2 saturated carbocycles. The summed E-state index contributed by atoms with van der Waals surface area (Å²) in [6.45, 7) is 2.34. The Morgan fingerprint density at radius 3 is 2.86 bits per heavy atom. The second kappa shape index (κ2) is 4.74. The van der Waals surface area contributed by atoms with Crippen LogP contribution in [-0.4, -0.2) is 18.3 Å². The Bertz CT molecular complexity index is 552. The first-order chi connectivity index (χ1) is 10.1. The van der Waals surface area contributed by atoms with Crippen molar-refractivity contribution in [1.29, 1.82) is 0 Å². The van der Waals surface area contributed by atoms with Crippen LogP contribution in [0.5, 0.6) is 5.75 Å². The topological polar surface area (TPSA) is 29.5 Å². The van der Waals surface area contributed by atoms with E-state index in [0.29, 0.717) is 5.92 Å². The minimum atomic E-state index is -0.0688. The molecule has 2 fully saturated rings. The van der Waals surface area contributed by atoms with E-state index in [4.69, 9.17) is 4.74 Å². The highest BCUT2D eigenvalue weighted by Gasteiger charge is 2.54. The van der Waals surface area contributed by atoms with Gasteiger partial charge in [0.25, 0.3) is 0 Å². The fraction of sp³-hybridized carbons (Fsp3) is 0.684. The number of methoxy groups -OCH3 is 1. The van der Waals surface area contributed by atoms with E-state index >= 15 is 0 Å². The number of aryl methyl sites for hydroxylation is 1. The van der Waals surface area contributed by atoms with Crippen LogP contribution in [0.25, 0.3) is 0 Å². The lowest BCUT2D eigenvalue weighted by atomic mass is 9.55. The molecule has 1 aromatic carbocycles. The number of ether oxygens (including phenoxy) is 1. The second-order valence-electron chi connectivity index (χ2n) is 7.62. The highest BCUT2D eigenvalue weighted by Crippen LogP contribution is 2.60. The quantitative estimate of drug-likeness (QED) is 0.848. The molecular weight excluding hydrogens is 260 g/mol. The van der Waals surface area contributed by atoms with Crippen LogP contribution in [0.1, 0.15) is 56.1 Å². The van der Waals surface area contributed by atoms with Gasteiger partial charge < -0.3 is 9.84 Å². The van der Waals surface area contributed by atoms with Gasteiger partial charge in [-0.15, -0.1) is 0 Å². The fourth-order valence-electron chi connectivity index (χ4n) is 5.66. The lowest BCUT2D eigenvalue weighted by Crippen LogP contribution is -2.43. The van der Waals surface area contributed by atoms with Crippen LogP contribution in [0.15, 0.2) is 18.2 Å². The molecule has 2 nitrogen and oxygen atoms in total. The minimum Gasteiger partial charge on any atom is -0.497 e. The van der Waals surface area contributed by atoms with Gasteiger partial charge in [0, 0.05) is 0 Å². The molecular formula is C19H26O2. The Morgan fingerprint density at radius 2 is 2.05 bits per heavy atom. The average molecular weight is 286 g/mol. The van der Waals surface area contributed by atoms with E-state index in [9.17, 15) is 5.11 Å². The SMILES string of the molecule is COc1ccc2c(c1)CC[C@H]1[C@H]3CC[C@H](O)[C@]3(C)CC[C@@H]21. The molecule has 3 aliphatic carbocycles. The minimum absolute atomic E-state index is 0.0688. The number of hydrogen-bond donors (Lipinski definition) is 1. The van der Waals surface area contributed by atoms with Crippen molar-refractivity contribution in [2.24, 2.45) is 17.3 Å². The van der Waals surface area contributed by atoms with Crippen LogP contribution in [0, 0.1) is 17.3 Å². The lowest BCUT2D eigenvalue weighted by Gasteiger charge is -2.50. The van der Waals surface area contributed by atoms with Crippen LogP contribution in [0.3, 0.4) is 0 Å². The number of fused-ring (bicyclic) bond motifs is 5. The molecule has 0 spiro atoms. The summed E-state index contributed by atoms with van der Waals surface area (Å²) in [5, 5.41) is 10.4. The average Bonchev–Trinajstić information content (AvgIpc) is 2.82. The molecule has 114 valence electrons. The van der Waals surface area contributed by atoms with Crippen molar-refractivity contribution in [1.82, 2.24) is 0 Å². The molecule has 5 atom stereocenters. The van der Waals surface area contributed by atoms with Gasteiger partial charge in [0.1, 0.15) is 5.75 Å². The Kier molecular flexibility index (Phi) is 3.08. The van der Waals surface area contributed by atoms with Gasteiger partial charge in [-0.3, -0.25) is 0 Å². The lowest BCUT2D eigenvalue weighted by molar-refractivity contribution is -0.0226. The smallest absolute Gasteiger partial charge is 0.119 e. The zero-order valence-electron chi connectivity index (χ0n) is 13.1. The monoisotopic (exact) mass is 286 g/mol. The summed E-state index contributed by atoms with van der Waals surface area (Å²) in [6, 6.07) is 6.67. The zero-order valence-corrected chi connectivity index (χ0v) is 13.1. The molecule has 1 aromatic rings. The summed E-state index contributed by atoms with van der Waals surface area (Å²) in [7, 11) is 1.75. The molecule has 0 radical (unpaired) electrons. The van der Waals surface area contributed by atoms with Crippen LogP contribution in [0.4, 0.5) is 0 Å². The Hall–Kier alpha value is -1.02. The standard InChI is InChI=1S/C19H26O2/c1-19-10-9-15-14-6-4-13(21-2)11-12(14)3-5-16(15)17(19)7-8-18(19)20/h4,6,11,15-18,20H,3,5,7-10H2,1-2H3/t15-,16+,17+,18-,19+/m0/s1. The highest BCUT2D eigenvalue weighted by atomic mass is 16.5. The van der Waals surface area contributed by atoms with Gasteiger partial charge >= 0.3 is 0 Å². The molecule has 0 heterocycles. The molecule has 0 unspecified atom stereocenters. The van der Waals surface area contributed by atoms with Crippen molar-refractivity contribution >= 4 is 0 Å². The summed E-state index contributed by atoms with van der Waals surface area (Å²) < 4.78 is 5.38. The number of rotatable bonds is 1. The van der Waals surface area contributed by atoms with E-state index in [-0.39, 0.29) is 11.5 Å². The van der Waals surface area contributed by atoms with E-state index in [1.807, 2.05) is 0 Å². The van der Waals surface area contributed by atoms with Gasteiger partial charge in [0.2, 0.25) is 0 Å². The maximum atomic E-state index is 10.4. The molecule has 0 aromatic heterocycles. The van der Waals surface area contributed by atoms with Crippen molar-refractivity contribution < 1.29 is 9.84 Å². The van der Waals surface area contributed by atoms with Crippen LogP contribution < -0.4 is 4.74 Å². The molecule has 1 N–H and O–H groups in total. The first kappa shape index (κ1) is 13.6. The molecule has 3 aliphatic rings. The molecule has 0 saturated heterocycles. The number of aliphatic hydroxyl groups excluding tert-OH is 1. The number of benzene rings is 1. The largest absolute Gasteiger partial charge is 0.497 e. The third-order valence-corrected chi connectivity index (χ3v) is 6.88. The van der Waals surface area contributed by atoms with Gasteiger partial charge in [-0.2, -0.15) is 0 Å². The predicted molar refractivity (Wildman–Crippen MR) is 83.6 cm³/mol. The van der Waals surface area contributed by atoms with Gasteiger partial charge in [-0.05, 0) is 85.0 Å². The number of hydrogen-bond acceptors (Lipinski definition) is 2. The predicted octanol–water partition coefficient (Wildman–Crippen LogP) is 3.91. The van der Waals surface area contributed by atoms with E-state index in [0.717, 1.165) is 24.0 Å². The Morgan fingerprint density at radius 1 is 1.19 bits per heavy atom. The van der Waals surface area contributed by atoms with Crippen molar-refractivity contribution in [3.63, 3.8) is 0 Å². The molecule has 0 amide bonds. The Labute approximate surface area is 127 Å². The summed E-state index contributed by atoms with van der Waals surface area (Å²) in [5.74, 6) is 3.20. The summed E-state index contributed by atoms with van der Waals surface area (Å²) in [4.78, 5) is 0. The van der Waals surface area contributed by atoms with Crippen LogP contribution >= 0.6 is 0 Å². The van der Waals surface area contributed by atoms with Crippen molar-refractivity contribution in [2.45, 2.75) is 57.5 Å². The first-order valence-electron chi connectivity index (χ1n) is 8.48. The van der Waals surface area contributed by atoms with E-state index < -0.39 is 0 Å².